The molecule has 0 radical (unpaired) electrons. The molecule has 1 aromatic heterocycles. The molecule has 3 aromatic rings. The fourth-order valence-corrected chi connectivity index (χ4v) is 2.60. The van der Waals surface area contributed by atoms with Crippen LogP contribution < -0.4 is 14.0 Å². The highest BCUT2D eigenvalue weighted by molar-refractivity contribution is 7.84. The van der Waals surface area contributed by atoms with Crippen molar-refractivity contribution in [3.63, 3.8) is 0 Å². The van der Waals surface area contributed by atoms with Crippen molar-refractivity contribution in [3.05, 3.63) is 66.7 Å². The summed E-state index contributed by atoms with van der Waals surface area (Å²) in [6.45, 7) is 0.681. The second-order valence-corrected chi connectivity index (χ2v) is 6.10. The molecular weight excluding hydrogens is 316 g/mol. The van der Waals surface area contributed by atoms with Gasteiger partial charge in [0, 0.05) is 0 Å². The van der Waals surface area contributed by atoms with Crippen molar-refractivity contribution >= 4 is 10.3 Å². The van der Waals surface area contributed by atoms with Gasteiger partial charge in [-0.2, -0.15) is 23.3 Å². The van der Waals surface area contributed by atoms with Gasteiger partial charge >= 0.3 is 16.6 Å². The molecule has 23 heavy (non-hydrogen) atoms. The largest absolute Gasteiger partial charge is 0.380 e. The maximum absolute atomic E-state index is 10.9. The fourth-order valence-electron chi connectivity index (χ4n) is 2.22. The van der Waals surface area contributed by atoms with E-state index in [2.05, 4.69) is 20.3 Å². The number of benzene rings is 2. The zero-order chi connectivity index (χ0) is 16.3. The molecule has 118 valence electrons. The van der Waals surface area contributed by atoms with Gasteiger partial charge in [-0.05, 0) is 39.9 Å². The molecule has 8 heteroatoms. The number of hydrogen-bond acceptors (Lipinski definition) is 4. The van der Waals surface area contributed by atoms with E-state index in [0.29, 0.717) is 6.54 Å². The Morgan fingerprint density at radius 2 is 1.91 bits per heavy atom. The van der Waals surface area contributed by atoms with Gasteiger partial charge in [0.1, 0.15) is 12.3 Å². The van der Waals surface area contributed by atoms with E-state index < -0.39 is 10.3 Å². The summed E-state index contributed by atoms with van der Waals surface area (Å²) in [4.78, 5) is 3.97. The Bertz CT molecular complexity index is 891. The molecule has 0 aliphatic carbocycles. The van der Waals surface area contributed by atoms with Gasteiger partial charge in [0.25, 0.3) is 0 Å². The third kappa shape index (κ3) is 4.15. The first kappa shape index (κ1) is 15.2. The monoisotopic (exact) mass is 331 g/mol. The first-order valence-electron chi connectivity index (χ1n) is 6.79. The molecule has 2 aromatic carbocycles. The van der Waals surface area contributed by atoms with Gasteiger partial charge in [0.2, 0.25) is 6.33 Å². The van der Waals surface area contributed by atoms with Gasteiger partial charge in [-0.3, -0.25) is 0 Å². The third-order valence-corrected chi connectivity index (χ3v) is 3.61. The lowest BCUT2D eigenvalue weighted by Crippen LogP contribution is -2.35. The zero-order valence-electron chi connectivity index (χ0n) is 12.1. The number of nitrogens with one attached hydrogen (secondary N) is 1. The standard InChI is InChI=1S/C15H14N4O3S/c16-23(20,21)22-15-6-4-13(5-7-15)14-3-1-2-12(8-14)9-19-11-17-10-18-19/h1-8,10-11H,9H2,(H2,16,20,21)/p+1. The quantitative estimate of drug-likeness (QED) is 0.681. The van der Waals surface area contributed by atoms with Crippen LogP contribution in [-0.4, -0.2) is 18.5 Å². The van der Waals surface area contributed by atoms with Gasteiger partial charge in [-0.15, -0.1) is 0 Å². The molecule has 7 nitrogen and oxygen atoms in total. The minimum absolute atomic E-state index is 0.181. The van der Waals surface area contributed by atoms with E-state index in [4.69, 9.17) is 5.14 Å². The number of H-pyrrole nitrogens is 1. The number of hydrogen-bond donors (Lipinski definition) is 2. The van der Waals surface area contributed by atoms with Gasteiger partial charge in [-0.1, -0.05) is 30.3 Å². The second kappa shape index (κ2) is 6.19. The van der Waals surface area contributed by atoms with Crippen molar-refractivity contribution < 1.29 is 17.3 Å². The Labute approximate surface area is 133 Å². The second-order valence-electron chi connectivity index (χ2n) is 4.95. The molecule has 3 rings (SSSR count). The van der Waals surface area contributed by atoms with Crippen LogP contribution in [0.3, 0.4) is 0 Å². The summed E-state index contributed by atoms with van der Waals surface area (Å²) in [6.07, 6.45) is 3.33. The van der Waals surface area contributed by atoms with Gasteiger partial charge in [0.15, 0.2) is 0 Å². The fraction of sp³-hybridized carbons (Fsp3) is 0.0667. The van der Waals surface area contributed by atoms with E-state index in [1.54, 1.807) is 36.9 Å². The number of aromatic nitrogens is 3. The third-order valence-electron chi connectivity index (χ3n) is 3.18. The first-order valence-corrected chi connectivity index (χ1v) is 8.26. The predicted octanol–water partition coefficient (Wildman–Crippen LogP) is 0.995. The van der Waals surface area contributed by atoms with E-state index in [-0.39, 0.29) is 5.75 Å². The Balaban J connectivity index is 1.81. The van der Waals surface area contributed by atoms with E-state index in [1.165, 1.54) is 0 Å². The molecule has 1 heterocycles. The SMILES string of the molecule is NS(=O)(=O)Oc1ccc(-c2cccc(C[n+]3cnc[nH]3)c2)cc1. The molecule has 3 N–H and O–H groups in total. The lowest BCUT2D eigenvalue weighted by atomic mass is 10.0. The average molecular weight is 331 g/mol. The molecule has 0 atom stereocenters. The van der Waals surface area contributed by atoms with Gasteiger partial charge < -0.3 is 4.18 Å². The highest BCUT2D eigenvalue weighted by atomic mass is 32.2. The molecule has 0 saturated carbocycles. The normalized spacial score (nSPS) is 11.3. The van der Waals surface area contributed by atoms with Crippen LogP contribution in [0.15, 0.2) is 61.2 Å². The highest BCUT2D eigenvalue weighted by Crippen LogP contribution is 2.23. The summed E-state index contributed by atoms with van der Waals surface area (Å²) in [6, 6.07) is 14.7. The Hall–Kier alpha value is -2.71. The summed E-state index contributed by atoms with van der Waals surface area (Å²) in [5.74, 6) is 0.181. The maximum atomic E-state index is 10.9. The van der Waals surface area contributed by atoms with Gasteiger partial charge in [-0.25, -0.2) is 0 Å². The van der Waals surface area contributed by atoms with E-state index >= 15 is 0 Å². The molecule has 0 spiro atoms. The molecular formula is C15H15N4O3S+. The van der Waals surface area contributed by atoms with Crippen LogP contribution in [0.2, 0.25) is 0 Å². The van der Waals surface area contributed by atoms with Crippen LogP contribution in [0.1, 0.15) is 5.56 Å². The van der Waals surface area contributed by atoms with Crippen molar-refractivity contribution in [3.8, 4) is 16.9 Å². The lowest BCUT2D eigenvalue weighted by molar-refractivity contribution is -0.743. The number of rotatable bonds is 5. The Morgan fingerprint density at radius 1 is 1.13 bits per heavy atom. The van der Waals surface area contributed by atoms with E-state index in [9.17, 15) is 8.42 Å². The van der Waals surface area contributed by atoms with Crippen molar-refractivity contribution in [2.45, 2.75) is 6.54 Å². The molecule has 0 aliphatic heterocycles. The zero-order valence-corrected chi connectivity index (χ0v) is 12.9. The maximum Gasteiger partial charge on any atom is 0.380 e. The topological polar surface area (TPSA) is 102 Å². The first-order chi connectivity index (χ1) is 11.0. The minimum Gasteiger partial charge on any atom is -0.371 e. The van der Waals surface area contributed by atoms with Crippen LogP contribution >= 0.6 is 0 Å². The molecule has 0 fully saturated rings. The summed E-state index contributed by atoms with van der Waals surface area (Å²) >= 11 is 0. The van der Waals surface area contributed by atoms with Crippen LogP contribution in [0, 0.1) is 0 Å². The van der Waals surface area contributed by atoms with Crippen LogP contribution in [0.4, 0.5) is 0 Å². The summed E-state index contributed by atoms with van der Waals surface area (Å²) in [5.41, 5.74) is 3.08. The summed E-state index contributed by atoms with van der Waals surface area (Å²) in [7, 11) is -4.00. The summed E-state index contributed by atoms with van der Waals surface area (Å²) in [5, 5.41) is 7.83. The van der Waals surface area contributed by atoms with Crippen LogP contribution in [-0.2, 0) is 16.8 Å². The molecule has 0 saturated heterocycles. The Morgan fingerprint density at radius 3 is 2.57 bits per heavy atom. The van der Waals surface area contributed by atoms with Crippen molar-refractivity contribution in [2.75, 3.05) is 0 Å². The van der Waals surface area contributed by atoms with Crippen LogP contribution in [0.5, 0.6) is 5.75 Å². The van der Waals surface area contributed by atoms with Crippen LogP contribution in [0.25, 0.3) is 11.1 Å². The minimum atomic E-state index is -4.00. The number of nitrogens with two attached hydrogens (primary N) is 1. The average Bonchev–Trinajstić information content (AvgIpc) is 3.00. The predicted molar refractivity (Wildman–Crippen MR) is 83.5 cm³/mol. The number of nitrogens with zero attached hydrogens (tertiary/aromatic N) is 2. The van der Waals surface area contributed by atoms with Crippen molar-refractivity contribution in [1.82, 2.24) is 10.1 Å². The smallest absolute Gasteiger partial charge is 0.371 e. The summed E-state index contributed by atoms with van der Waals surface area (Å²) < 4.78 is 28.3. The van der Waals surface area contributed by atoms with E-state index in [1.807, 2.05) is 22.9 Å². The highest BCUT2D eigenvalue weighted by Gasteiger charge is 2.07. The molecule has 0 unspecified atom stereocenters. The molecule has 0 amide bonds. The lowest BCUT2D eigenvalue weighted by Gasteiger charge is -2.06. The van der Waals surface area contributed by atoms with Gasteiger partial charge in [0.05, 0.1) is 0 Å². The van der Waals surface area contributed by atoms with Crippen molar-refractivity contribution in [2.24, 2.45) is 5.14 Å². The molecule has 0 aliphatic rings. The Kier molecular flexibility index (Phi) is 4.09. The van der Waals surface area contributed by atoms with E-state index in [0.717, 1.165) is 16.7 Å². The molecule has 0 bridgehead atoms. The number of aromatic amines is 1. The van der Waals surface area contributed by atoms with Crippen molar-refractivity contribution in [1.29, 1.82) is 0 Å².